The number of rotatable bonds is 6. The monoisotopic (exact) mass is 731 g/mol. The number of aryl methyl sites for hydroxylation is 1. The second kappa shape index (κ2) is 13.5. The molecule has 0 aliphatic heterocycles. The van der Waals surface area contributed by atoms with Gasteiger partial charge < -0.3 is 4.90 Å². The zero-order valence-corrected chi connectivity index (χ0v) is 31.6. The van der Waals surface area contributed by atoms with Crippen molar-refractivity contribution in [2.24, 2.45) is 0 Å². The lowest BCUT2D eigenvalue weighted by Gasteiger charge is -2.26. The van der Waals surface area contributed by atoms with Crippen LogP contribution in [-0.4, -0.2) is 0 Å². The number of benzene rings is 9. The maximum Gasteiger partial charge on any atom is 0.0468 e. The van der Waals surface area contributed by atoms with Crippen LogP contribution < -0.4 is 4.90 Å². The largest absolute Gasteiger partial charge is 0.310 e. The van der Waals surface area contributed by atoms with E-state index in [0.717, 1.165) is 29.9 Å². The summed E-state index contributed by atoms with van der Waals surface area (Å²) in [6, 6.07) is 64.8. The van der Waals surface area contributed by atoms with E-state index >= 15 is 0 Å². The minimum absolute atomic E-state index is 1.08. The molecule has 1 aliphatic rings. The molecule has 0 spiro atoms. The highest BCUT2D eigenvalue weighted by Crippen LogP contribution is 2.41. The summed E-state index contributed by atoms with van der Waals surface area (Å²) in [7, 11) is 0. The van der Waals surface area contributed by atoms with Gasteiger partial charge in [0.05, 0.1) is 0 Å². The normalized spacial score (nSPS) is 12.7. The van der Waals surface area contributed by atoms with Gasteiger partial charge in [-0.05, 0) is 133 Å². The topological polar surface area (TPSA) is 3.24 Å². The number of fused-ring (bicyclic) bond motifs is 9. The Labute approximate surface area is 330 Å². The molecule has 56 heavy (non-hydrogen) atoms. The first-order chi connectivity index (χ1) is 27.7. The molecule has 264 valence electrons. The second-order valence-corrected chi connectivity index (χ2v) is 15.9. The van der Waals surface area contributed by atoms with Crippen LogP contribution in [0.5, 0.6) is 0 Å². The molecule has 0 fully saturated rings. The van der Waals surface area contributed by atoms with Crippen LogP contribution in [0, 0.1) is 0 Å². The van der Waals surface area contributed by atoms with E-state index in [0.29, 0.717) is 0 Å². The summed E-state index contributed by atoms with van der Waals surface area (Å²) < 4.78 is 2.66. The number of thiophene rings is 1. The molecule has 0 amide bonds. The van der Waals surface area contributed by atoms with Gasteiger partial charge in [-0.25, -0.2) is 0 Å². The van der Waals surface area contributed by atoms with Crippen LogP contribution in [0.15, 0.2) is 182 Å². The number of hydrogen-bond donors (Lipinski definition) is 0. The highest BCUT2D eigenvalue weighted by atomic mass is 32.1. The molecule has 1 heterocycles. The Morgan fingerprint density at radius 1 is 0.464 bits per heavy atom. The standard InChI is InChI=1S/C54H37NS/c1-2-10-37(11-3-1)42-15-9-16-46(32-42)55(47-31-28-43-35-52-50(34-44(43)33-47)49-18-6-7-19-51(49)56-52)45-29-21-36(22-30-45)20-23-39-13-8-14-40-26-27-41-25-24-38-12-4-5-17-48(38)54(41)53(39)40/h1-4,6-16,18-35H,5,17H2. The predicted molar refractivity (Wildman–Crippen MR) is 245 cm³/mol. The highest BCUT2D eigenvalue weighted by molar-refractivity contribution is 7.25. The zero-order valence-electron chi connectivity index (χ0n) is 30.8. The number of anilines is 3. The van der Waals surface area contributed by atoms with Crippen LogP contribution in [-0.2, 0) is 6.42 Å². The number of hydrogen-bond acceptors (Lipinski definition) is 2. The summed E-state index contributed by atoms with van der Waals surface area (Å²) in [6.07, 6.45) is 11.3. The lowest BCUT2D eigenvalue weighted by Crippen LogP contribution is -2.10. The van der Waals surface area contributed by atoms with Crippen molar-refractivity contribution in [1.82, 2.24) is 0 Å². The maximum atomic E-state index is 2.39. The van der Waals surface area contributed by atoms with Crippen LogP contribution >= 0.6 is 11.3 Å². The Morgan fingerprint density at radius 2 is 1.21 bits per heavy atom. The summed E-state index contributed by atoms with van der Waals surface area (Å²) in [5, 5.41) is 10.5. The first-order valence-corrected chi connectivity index (χ1v) is 20.3. The van der Waals surface area contributed by atoms with Crippen LogP contribution in [0.25, 0.3) is 81.8 Å². The molecule has 2 heteroatoms. The fraction of sp³-hybridized carbons (Fsp3) is 0.0370. The van der Waals surface area contributed by atoms with Crippen LogP contribution in [0.4, 0.5) is 17.1 Å². The zero-order chi connectivity index (χ0) is 37.0. The fourth-order valence-electron chi connectivity index (χ4n) is 8.73. The van der Waals surface area contributed by atoms with Crippen molar-refractivity contribution in [2.75, 3.05) is 4.90 Å². The lowest BCUT2D eigenvalue weighted by atomic mass is 9.87. The van der Waals surface area contributed by atoms with Gasteiger partial charge in [0, 0.05) is 37.2 Å². The second-order valence-electron chi connectivity index (χ2n) is 14.8. The summed E-state index contributed by atoms with van der Waals surface area (Å²) in [5.74, 6) is 0. The summed E-state index contributed by atoms with van der Waals surface area (Å²) in [6.45, 7) is 0. The smallest absolute Gasteiger partial charge is 0.0468 e. The molecule has 0 bridgehead atoms. The van der Waals surface area contributed by atoms with E-state index in [1.165, 1.54) is 85.9 Å². The molecular formula is C54H37NS. The molecule has 9 aromatic carbocycles. The van der Waals surface area contributed by atoms with E-state index in [4.69, 9.17) is 0 Å². The third-order valence-corrected chi connectivity index (χ3v) is 12.6. The van der Waals surface area contributed by atoms with Gasteiger partial charge in [-0.15, -0.1) is 11.3 Å². The molecule has 11 rings (SSSR count). The Bertz CT molecular complexity index is 3180. The quantitative estimate of drug-likeness (QED) is 0.122. The average Bonchev–Trinajstić information content (AvgIpc) is 3.62. The van der Waals surface area contributed by atoms with Gasteiger partial charge in [-0.2, -0.15) is 0 Å². The van der Waals surface area contributed by atoms with Crippen LogP contribution in [0.3, 0.4) is 0 Å². The molecule has 0 saturated heterocycles. The van der Waals surface area contributed by atoms with E-state index in [-0.39, 0.29) is 0 Å². The molecule has 0 unspecified atom stereocenters. The molecule has 0 atom stereocenters. The Morgan fingerprint density at radius 3 is 2.12 bits per heavy atom. The van der Waals surface area contributed by atoms with Crippen molar-refractivity contribution in [2.45, 2.75) is 12.8 Å². The van der Waals surface area contributed by atoms with E-state index in [9.17, 15) is 0 Å². The van der Waals surface area contributed by atoms with Gasteiger partial charge in [0.1, 0.15) is 0 Å². The van der Waals surface area contributed by atoms with Crippen molar-refractivity contribution in [3.05, 3.63) is 204 Å². The van der Waals surface area contributed by atoms with Crippen molar-refractivity contribution in [1.29, 1.82) is 0 Å². The van der Waals surface area contributed by atoms with E-state index in [2.05, 4.69) is 205 Å². The molecule has 1 aliphatic carbocycles. The van der Waals surface area contributed by atoms with Crippen molar-refractivity contribution >= 4 is 99.1 Å². The fourth-order valence-corrected chi connectivity index (χ4v) is 9.87. The van der Waals surface area contributed by atoms with Crippen LogP contribution in [0.1, 0.15) is 28.7 Å². The third kappa shape index (κ3) is 5.70. The first kappa shape index (κ1) is 32.7. The highest BCUT2D eigenvalue weighted by Gasteiger charge is 2.16. The summed E-state index contributed by atoms with van der Waals surface area (Å²) >= 11 is 1.87. The molecule has 0 radical (unpaired) electrons. The lowest BCUT2D eigenvalue weighted by molar-refractivity contribution is 0.998. The average molecular weight is 732 g/mol. The number of nitrogens with zero attached hydrogens (tertiary/aromatic N) is 1. The Kier molecular flexibility index (Phi) is 7.89. The SMILES string of the molecule is C1=Cc2ccc3ccc4cccc(C=Cc5ccc(N(c6cccc(-c7ccccc7)c6)c6ccc7cc8sc9ccccc9c8cc7c6)cc5)c4c3c2CC1. The van der Waals surface area contributed by atoms with Gasteiger partial charge >= 0.3 is 0 Å². The minimum atomic E-state index is 1.08. The van der Waals surface area contributed by atoms with Gasteiger partial charge in [0.25, 0.3) is 0 Å². The molecule has 0 saturated carbocycles. The van der Waals surface area contributed by atoms with E-state index in [1.807, 2.05) is 11.3 Å². The van der Waals surface area contributed by atoms with Gasteiger partial charge in [0.2, 0.25) is 0 Å². The molecule has 1 nitrogen and oxygen atoms in total. The first-order valence-electron chi connectivity index (χ1n) is 19.5. The molecular weight excluding hydrogens is 695 g/mol. The number of allylic oxidation sites excluding steroid dienone is 1. The van der Waals surface area contributed by atoms with Gasteiger partial charge in [-0.3, -0.25) is 0 Å². The van der Waals surface area contributed by atoms with E-state index < -0.39 is 0 Å². The Hall–Kier alpha value is -6.74. The van der Waals surface area contributed by atoms with Gasteiger partial charge in [-0.1, -0.05) is 146 Å². The van der Waals surface area contributed by atoms with E-state index in [1.54, 1.807) is 0 Å². The molecule has 10 aromatic rings. The third-order valence-electron chi connectivity index (χ3n) is 11.5. The van der Waals surface area contributed by atoms with Crippen molar-refractivity contribution in [3.8, 4) is 11.1 Å². The minimum Gasteiger partial charge on any atom is -0.310 e. The Balaban J connectivity index is 1.01. The summed E-state index contributed by atoms with van der Waals surface area (Å²) in [4.78, 5) is 2.39. The predicted octanol–water partition coefficient (Wildman–Crippen LogP) is 15.8. The molecule has 0 N–H and O–H groups in total. The van der Waals surface area contributed by atoms with Crippen molar-refractivity contribution < 1.29 is 0 Å². The summed E-state index contributed by atoms with van der Waals surface area (Å²) in [5.41, 5.74) is 11.0. The maximum absolute atomic E-state index is 2.39. The van der Waals surface area contributed by atoms with Crippen LogP contribution in [0.2, 0.25) is 0 Å². The van der Waals surface area contributed by atoms with Crippen molar-refractivity contribution in [3.63, 3.8) is 0 Å². The van der Waals surface area contributed by atoms with Gasteiger partial charge in [0.15, 0.2) is 0 Å². The molecule has 1 aromatic heterocycles.